The molecule has 0 radical (unpaired) electrons. The largest absolute Gasteiger partial charge is 2.00 e. The van der Waals surface area contributed by atoms with E-state index in [9.17, 15) is 0 Å². The number of hydrogen-bond acceptors (Lipinski definition) is 6. The Morgan fingerprint density at radius 1 is 0.909 bits per heavy atom. The van der Waals surface area contributed by atoms with Gasteiger partial charge in [0.05, 0.1) is 0 Å². The van der Waals surface area contributed by atoms with Crippen molar-refractivity contribution in [3.05, 3.63) is 0 Å². The molecule has 0 bridgehead atoms. The average molecular weight is 260 g/mol. The molecule has 11 heavy (non-hydrogen) atoms. The molecule has 0 heterocycles. The summed E-state index contributed by atoms with van der Waals surface area (Å²) in [6.07, 6.45) is 0. The maximum absolute atomic E-state index is 8.74. The second-order valence-electron chi connectivity index (χ2n) is 0.856. The Labute approximate surface area is 75.5 Å². The van der Waals surface area contributed by atoms with Crippen LogP contribution in [0.25, 0.3) is 0 Å². The molecule has 0 amide bonds. The summed E-state index contributed by atoms with van der Waals surface area (Å²) in [6, 6.07) is 0. The fourth-order valence-corrected chi connectivity index (χ4v) is 0. The first kappa shape index (κ1) is 17.4. The summed E-state index contributed by atoms with van der Waals surface area (Å²) in [7, 11) is -9.83. The Kier molecular flexibility index (Phi) is 9.43. The zero-order valence-electron chi connectivity index (χ0n) is 4.87. The van der Waals surface area contributed by atoms with E-state index in [1.54, 1.807) is 0 Å². The van der Waals surface area contributed by atoms with Crippen molar-refractivity contribution in [2.45, 2.75) is 0 Å². The summed E-state index contributed by atoms with van der Waals surface area (Å²) in [5, 5.41) is 0. The van der Waals surface area contributed by atoms with Gasteiger partial charge in [-0.1, -0.05) is 0 Å². The molecule has 0 aromatic rings. The van der Waals surface area contributed by atoms with Gasteiger partial charge in [0.2, 0.25) is 0 Å². The predicted molar refractivity (Wildman–Crippen MR) is 24.7 cm³/mol. The molecule has 0 spiro atoms. The molecule has 2 N–H and O–H groups in total. The van der Waals surface area contributed by atoms with Crippen LogP contribution in [0.4, 0.5) is 0 Å². The normalized spacial score (nSPS) is 10.5. The van der Waals surface area contributed by atoms with Crippen LogP contribution in [0.1, 0.15) is 0 Å². The standard InChI is InChI=1S/2H2O4S.Zn/c2*1-5(2,3)4;/h2*(H2,1,2,3,4);/q;;+2/p-2. The van der Waals surface area contributed by atoms with Crippen molar-refractivity contribution >= 4 is 20.8 Å². The molecule has 0 rings (SSSR count). The average Bonchev–Trinajstić information content (AvgIpc) is 1.12. The van der Waals surface area contributed by atoms with E-state index in [2.05, 4.69) is 0 Å². The van der Waals surface area contributed by atoms with Crippen molar-refractivity contribution in [1.29, 1.82) is 0 Å². The zero-order chi connectivity index (χ0) is 9.00. The fraction of sp³-hybridized carbons (Fsp3) is 0. The molecule has 0 unspecified atom stereocenters. The van der Waals surface area contributed by atoms with Crippen LogP contribution in [0.2, 0.25) is 0 Å². The van der Waals surface area contributed by atoms with E-state index in [0.717, 1.165) is 0 Å². The zero-order valence-corrected chi connectivity index (χ0v) is 9.47. The van der Waals surface area contributed by atoms with Crippen molar-refractivity contribution in [2.75, 3.05) is 0 Å². The van der Waals surface area contributed by atoms with Gasteiger partial charge in [-0.3, -0.25) is 17.5 Å². The monoisotopic (exact) mass is 258 g/mol. The molecule has 0 aliphatic heterocycles. The molecule has 64 valence electrons. The Morgan fingerprint density at radius 2 is 0.909 bits per heavy atom. The SMILES string of the molecule is O=S(=O)(O)O.O=S(=O)([O-])[O-].[Zn+2]. The topological polar surface area (TPSA) is 155 Å². The van der Waals surface area contributed by atoms with Gasteiger partial charge in [-0.2, -0.15) is 8.42 Å². The summed E-state index contributed by atoms with van der Waals surface area (Å²) >= 11 is 0. The van der Waals surface area contributed by atoms with Gasteiger partial charge in [0.15, 0.2) is 0 Å². The Morgan fingerprint density at radius 3 is 0.909 bits per heavy atom. The molecule has 0 aromatic carbocycles. The molecular weight excluding hydrogens is 258 g/mol. The van der Waals surface area contributed by atoms with E-state index in [0.29, 0.717) is 0 Å². The van der Waals surface area contributed by atoms with Crippen molar-refractivity contribution in [2.24, 2.45) is 0 Å². The van der Waals surface area contributed by atoms with E-state index in [4.69, 9.17) is 35.0 Å². The number of rotatable bonds is 0. The molecule has 8 nitrogen and oxygen atoms in total. The van der Waals surface area contributed by atoms with Gasteiger partial charge >= 0.3 is 29.9 Å². The summed E-state index contributed by atoms with van der Waals surface area (Å²) in [5.41, 5.74) is 0. The third-order valence-electron chi connectivity index (χ3n) is 0. The maximum atomic E-state index is 8.74. The van der Waals surface area contributed by atoms with Gasteiger partial charge in [0.1, 0.15) is 0 Å². The van der Waals surface area contributed by atoms with Gasteiger partial charge in [0, 0.05) is 10.4 Å². The summed E-state index contributed by atoms with van der Waals surface area (Å²) in [5.74, 6) is 0. The first-order valence-corrected chi connectivity index (χ1v) is 4.10. The third-order valence-corrected chi connectivity index (χ3v) is 0. The van der Waals surface area contributed by atoms with E-state index < -0.39 is 20.8 Å². The maximum Gasteiger partial charge on any atom is 2.00 e. The van der Waals surface area contributed by atoms with Crippen LogP contribution in [-0.2, 0) is 40.3 Å². The Hall–Kier alpha value is 0.363. The summed E-state index contributed by atoms with van der Waals surface area (Å²) in [6.45, 7) is 0. The van der Waals surface area contributed by atoms with Crippen molar-refractivity contribution in [1.82, 2.24) is 0 Å². The van der Waals surface area contributed by atoms with Gasteiger partial charge in [-0.25, -0.2) is 0 Å². The second kappa shape index (κ2) is 5.94. The van der Waals surface area contributed by atoms with Gasteiger partial charge in [-0.05, 0) is 0 Å². The molecule has 0 aliphatic rings. The molecule has 0 aliphatic carbocycles. The molecular formula is H2O8S2Zn. The van der Waals surface area contributed by atoms with E-state index in [-0.39, 0.29) is 19.5 Å². The predicted octanol–water partition coefficient (Wildman–Crippen LogP) is -1.99. The summed E-state index contributed by atoms with van der Waals surface area (Å²) < 4.78 is 65.7. The van der Waals surface area contributed by atoms with Crippen LogP contribution in [0.3, 0.4) is 0 Å². The van der Waals surface area contributed by atoms with Gasteiger partial charge in [-0.15, -0.1) is 0 Å². The van der Waals surface area contributed by atoms with E-state index in [1.165, 1.54) is 0 Å². The third kappa shape index (κ3) is 5490. The number of hydrogen-bond donors (Lipinski definition) is 2. The van der Waals surface area contributed by atoms with E-state index in [1.807, 2.05) is 0 Å². The van der Waals surface area contributed by atoms with Gasteiger partial charge < -0.3 is 9.11 Å². The minimum Gasteiger partial charge on any atom is -0.759 e. The first-order valence-electron chi connectivity index (χ1n) is 1.37. The van der Waals surface area contributed by atoms with Crippen LogP contribution in [0.15, 0.2) is 0 Å². The first-order chi connectivity index (χ1) is 4.00. The van der Waals surface area contributed by atoms with Gasteiger partial charge in [0.25, 0.3) is 0 Å². The second-order valence-corrected chi connectivity index (χ2v) is 2.57. The van der Waals surface area contributed by atoms with Crippen molar-refractivity contribution < 1.29 is 54.5 Å². The van der Waals surface area contributed by atoms with Crippen LogP contribution >= 0.6 is 0 Å². The van der Waals surface area contributed by atoms with Crippen molar-refractivity contribution in [3.63, 3.8) is 0 Å². The molecule has 0 aromatic heterocycles. The van der Waals surface area contributed by atoms with E-state index >= 15 is 0 Å². The molecule has 0 saturated carbocycles. The Bertz CT molecular complexity index is 208. The minimum absolute atomic E-state index is 0. The van der Waals surface area contributed by atoms with Crippen LogP contribution in [0.5, 0.6) is 0 Å². The quantitative estimate of drug-likeness (QED) is 0.288. The minimum atomic E-state index is -5.17. The fourth-order valence-electron chi connectivity index (χ4n) is 0. The summed E-state index contributed by atoms with van der Waals surface area (Å²) in [4.78, 5) is 0. The van der Waals surface area contributed by atoms with Crippen molar-refractivity contribution in [3.8, 4) is 0 Å². The molecule has 0 saturated heterocycles. The van der Waals surface area contributed by atoms with Crippen LogP contribution < -0.4 is 0 Å². The molecule has 0 fully saturated rings. The smallest absolute Gasteiger partial charge is 0.759 e. The molecule has 11 heteroatoms. The van der Waals surface area contributed by atoms with Crippen LogP contribution in [0, 0.1) is 0 Å². The molecule has 0 atom stereocenters. The van der Waals surface area contributed by atoms with Crippen LogP contribution in [-0.4, -0.2) is 35.0 Å². The Balaban J connectivity index is -0.000000107.